The van der Waals surface area contributed by atoms with Crippen molar-refractivity contribution in [3.8, 4) is 5.06 Å². The molecule has 26 heavy (non-hydrogen) atoms. The number of hydrogen-bond acceptors (Lipinski definition) is 7. The average Bonchev–Trinajstić information content (AvgIpc) is 3.13. The van der Waals surface area contributed by atoms with Gasteiger partial charge < -0.3 is 19.7 Å². The second-order valence-electron chi connectivity index (χ2n) is 6.08. The number of unbranched alkanes of at least 4 members (excludes halogenated alkanes) is 1. The number of hydrogen-bond donors (Lipinski definition) is 2. The molecule has 8 heteroatoms. The Hall–Kier alpha value is -2.19. The average molecular weight is 379 g/mol. The summed E-state index contributed by atoms with van der Waals surface area (Å²) in [6.07, 6.45) is 6.23. The fourth-order valence-corrected chi connectivity index (χ4v) is 3.07. The van der Waals surface area contributed by atoms with Crippen molar-refractivity contribution >= 4 is 29.6 Å². The van der Waals surface area contributed by atoms with Crippen molar-refractivity contribution in [1.82, 2.24) is 15.5 Å². The van der Waals surface area contributed by atoms with Crippen molar-refractivity contribution < 1.29 is 19.2 Å². The first-order valence-electron chi connectivity index (χ1n) is 8.64. The molecular weight excluding hydrogens is 354 g/mol. The SMILES string of the molecule is CCCCc1noc(C)c1/C=C/c1nc(C)c(OC(=O)NC(C)CO)s1. The van der Waals surface area contributed by atoms with Crippen LogP contribution in [0.2, 0.25) is 0 Å². The van der Waals surface area contributed by atoms with Crippen LogP contribution in [0.25, 0.3) is 12.2 Å². The van der Waals surface area contributed by atoms with E-state index >= 15 is 0 Å². The van der Waals surface area contributed by atoms with Crippen LogP contribution in [0.3, 0.4) is 0 Å². The number of ether oxygens (including phenoxy) is 1. The molecule has 0 aromatic carbocycles. The highest BCUT2D eigenvalue weighted by Gasteiger charge is 2.14. The van der Waals surface area contributed by atoms with Crippen molar-refractivity contribution in [3.05, 3.63) is 27.7 Å². The monoisotopic (exact) mass is 379 g/mol. The normalized spacial score (nSPS) is 12.5. The topological polar surface area (TPSA) is 97.5 Å². The lowest BCUT2D eigenvalue weighted by Gasteiger charge is -2.09. The van der Waals surface area contributed by atoms with Crippen LogP contribution < -0.4 is 10.1 Å². The maximum absolute atomic E-state index is 11.8. The van der Waals surface area contributed by atoms with E-state index in [1.807, 2.05) is 19.1 Å². The van der Waals surface area contributed by atoms with Crippen LogP contribution in [0.1, 0.15) is 54.4 Å². The number of amides is 1. The number of aryl methyl sites for hydroxylation is 3. The third-order valence-electron chi connectivity index (χ3n) is 3.74. The van der Waals surface area contributed by atoms with Crippen LogP contribution in [0.4, 0.5) is 4.79 Å². The number of carbonyl (C=O) groups is 1. The highest BCUT2D eigenvalue weighted by molar-refractivity contribution is 7.14. The Morgan fingerprint density at radius 3 is 2.88 bits per heavy atom. The third kappa shape index (κ3) is 5.40. The zero-order valence-electron chi connectivity index (χ0n) is 15.5. The molecule has 0 aliphatic carbocycles. The van der Waals surface area contributed by atoms with Crippen molar-refractivity contribution in [1.29, 1.82) is 0 Å². The molecule has 0 fully saturated rings. The molecule has 0 aliphatic rings. The summed E-state index contributed by atoms with van der Waals surface area (Å²) in [5, 5.41) is 16.8. The Morgan fingerprint density at radius 2 is 2.19 bits per heavy atom. The molecule has 0 saturated carbocycles. The molecule has 7 nitrogen and oxygen atoms in total. The lowest BCUT2D eigenvalue weighted by Crippen LogP contribution is -2.36. The molecular formula is C18H25N3O4S. The first-order valence-corrected chi connectivity index (χ1v) is 9.46. The molecule has 0 radical (unpaired) electrons. The summed E-state index contributed by atoms with van der Waals surface area (Å²) >= 11 is 1.28. The number of nitrogens with one attached hydrogen (secondary N) is 1. The van der Waals surface area contributed by atoms with Crippen LogP contribution in [-0.2, 0) is 6.42 Å². The van der Waals surface area contributed by atoms with Gasteiger partial charge in [0, 0.05) is 5.56 Å². The molecule has 1 atom stereocenters. The van der Waals surface area contributed by atoms with Gasteiger partial charge in [0.05, 0.1) is 24.0 Å². The summed E-state index contributed by atoms with van der Waals surface area (Å²) in [4.78, 5) is 16.2. The Bertz CT molecular complexity index is 767. The van der Waals surface area contributed by atoms with Crippen LogP contribution >= 0.6 is 11.3 Å². The number of nitrogens with zero attached hydrogens (tertiary/aromatic N) is 2. The highest BCUT2D eigenvalue weighted by atomic mass is 32.1. The van der Waals surface area contributed by atoms with E-state index in [1.54, 1.807) is 13.8 Å². The molecule has 2 N–H and O–H groups in total. The Labute approximate surface area is 157 Å². The minimum atomic E-state index is -0.606. The smallest absolute Gasteiger partial charge is 0.397 e. The molecule has 0 bridgehead atoms. The van der Waals surface area contributed by atoms with E-state index in [1.165, 1.54) is 11.3 Å². The first kappa shape index (κ1) is 20.1. The van der Waals surface area contributed by atoms with E-state index in [0.717, 1.165) is 41.3 Å². The molecule has 2 aromatic rings. The number of thiazole rings is 1. The first-order chi connectivity index (χ1) is 12.4. The maximum atomic E-state index is 11.8. The van der Waals surface area contributed by atoms with Crippen molar-refractivity contribution in [2.75, 3.05) is 6.61 Å². The summed E-state index contributed by atoms with van der Waals surface area (Å²) in [5.41, 5.74) is 2.56. The van der Waals surface area contributed by atoms with Crippen LogP contribution in [-0.4, -0.2) is 34.0 Å². The minimum Gasteiger partial charge on any atom is -0.397 e. The number of carbonyl (C=O) groups excluding carboxylic acids is 1. The highest BCUT2D eigenvalue weighted by Crippen LogP contribution is 2.29. The zero-order valence-corrected chi connectivity index (χ0v) is 16.4. The summed E-state index contributed by atoms with van der Waals surface area (Å²) in [5.74, 6) is 0.773. The second kappa shape index (κ2) is 9.49. The van der Waals surface area contributed by atoms with Crippen LogP contribution in [0, 0.1) is 13.8 Å². The van der Waals surface area contributed by atoms with E-state index in [4.69, 9.17) is 14.4 Å². The number of rotatable bonds is 8. The number of aromatic nitrogens is 2. The van der Waals surface area contributed by atoms with E-state index in [0.29, 0.717) is 10.8 Å². The molecule has 1 unspecified atom stereocenters. The van der Waals surface area contributed by atoms with Crippen LogP contribution in [0.15, 0.2) is 4.52 Å². The lowest BCUT2D eigenvalue weighted by molar-refractivity contribution is 0.186. The number of aliphatic hydroxyl groups excluding tert-OH is 1. The Kier molecular flexibility index (Phi) is 7.35. The van der Waals surface area contributed by atoms with Gasteiger partial charge >= 0.3 is 6.09 Å². The van der Waals surface area contributed by atoms with Crippen LogP contribution in [0.5, 0.6) is 5.06 Å². The molecule has 0 saturated heterocycles. The molecule has 2 rings (SSSR count). The Morgan fingerprint density at radius 1 is 1.42 bits per heavy atom. The summed E-state index contributed by atoms with van der Waals surface area (Å²) in [7, 11) is 0. The van der Waals surface area contributed by atoms with Gasteiger partial charge in [-0.3, -0.25) is 0 Å². The fraction of sp³-hybridized carbons (Fsp3) is 0.500. The summed E-state index contributed by atoms with van der Waals surface area (Å²) < 4.78 is 10.6. The van der Waals surface area contributed by atoms with E-state index in [-0.39, 0.29) is 12.6 Å². The zero-order chi connectivity index (χ0) is 19.1. The van der Waals surface area contributed by atoms with Crippen molar-refractivity contribution in [2.45, 2.75) is 53.0 Å². The van der Waals surface area contributed by atoms with Crippen molar-refractivity contribution in [2.24, 2.45) is 0 Å². The molecule has 0 aliphatic heterocycles. The van der Waals surface area contributed by atoms with Gasteiger partial charge in [-0.15, -0.1) is 0 Å². The Balaban J connectivity index is 2.08. The van der Waals surface area contributed by atoms with Gasteiger partial charge in [-0.05, 0) is 45.8 Å². The minimum absolute atomic E-state index is 0.150. The maximum Gasteiger partial charge on any atom is 0.413 e. The van der Waals surface area contributed by atoms with Gasteiger partial charge in [-0.2, -0.15) is 0 Å². The van der Waals surface area contributed by atoms with E-state index in [9.17, 15) is 4.79 Å². The van der Waals surface area contributed by atoms with Gasteiger partial charge in [-0.1, -0.05) is 29.8 Å². The third-order valence-corrected chi connectivity index (χ3v) is 4.74. The summed E-state index contributed by atoms with van der Waals surface area (Å²) in [6, 6.07) is -0.367. The quantitative estimate of drug-likeness (QED) is 0.725. The van der Waals surface area contributed by atoms with Gasteiger partial charge in [0.25, 0.3) is 0 Å². The second-order valence-corrected chi connectivity index (χ2v) is 7.07. The standard InChI is InChI=1S/C18H25N3O4S/c1-5-6-7-15-14(13(4)25-21-15)8-9-16-20-12(3)17(26-16)24-18(23)19-11(2)10-22/h8-9,11,22H,5-7,10H2,1-4H3,(H,19,23)/b9-8+. The van der Waals surface area contributed by atoms with Gasteiger partial charge in [-0.25, -0.2) is 9.78 Å². The summed E-state index contributed by atoms with van der Waals surface area (Å²) in [6.45, 7) is 7.34. The molecule has 2 aromatic heterocycles. The molecule has 1 amide bonds. The van der Waals surface area contributed by atoms with Crippen molar-refractivity contribution in [3.63, 3.8) is 0 Å². The van der Waals surface area contributed by atoms with E-state index in [2.05, 4.69) is 22.4 Å². The molecule has 0 spiro atoms. The predicted molar refractivity (Wildman–Crippen MR) is 101 cm³/mol. The number of aliphatic hydroxyl groups is 1. The molecule has 142 valence electrons. The predicted octanol–water partition coefficient (Wildman–Crippen LogP) is 3.73. The molecule has 2 heterocycles. The van der Waals surface area contributed by atoms with Gasteiger partial charge in [0.15, 0.2) is 0 Å². The fourth-order valence-electron chi connectivity index (χ4n) is 2.25. The van der Waals surface area contributed by atoms with Gasteiger partial charge in [0.2, 0.25) is 5.06 Å². The lowest BCUT2D eigenvalue weighted by atomic mass is 10.1. The largest absolute Gasteiger partial charge is 0.413 e. The van der Waals surface area contributed by atoms with E-state index < -0.39 is 6.09 Å². The van der Waals surface area contributed by atoms with Gasteiger partial charge in [0.1, 0.15) is 10.8 Å².